The van der Waals surface area contributed by atoms with Crippen molar-refractivity contribution in [3.05, 3.63) is 0 Å². The molecule has 112 valence electrons. The van der Waals surface area contributed by atoms with Crippen molar-refractivity contribution in [1.82, 2.24) is 5.32 Å². The van der Waals surface area contributed by atoms with Gasteiger partial charge in [-0.05, 0) is 43.4 Å². The van der Waals surface area contributed by atoms with E-state index in [0.29, 0.717) is 12.0 Å². The molecule has 3 atom stereocenters. The molecule has 1 saturated carbocycles. The van der Waals surface area contributed by atoms with Crippen molar-refractivity contribution >= 4 is 5.97 Å². The highest BCUT2D eigenvalue weighted by atomic mass is 16.4. The third-order valence-electron chi connectivity index (χ3n) is 4.03. The summed E-state index contributed by atoms with van der Waals surface area (Å²) >= 11 is 0. The molecule has 1 aliphatic rings. The fraction of sp³-hybridized carbons (Fsp3) is 0.938. The van der Waals surface area contributed by atoms with Gasteiger partial charge in [-0.1, -0.05) is 40.5 Å². The van der Waals surface area contributed by atoms with Crippen molar-refractivity contribution in [1.29, 1.82) is 0 Å². The lowest BCUT2D eigenvalue weighted by atomic mass is 9.81. The maximum atomic E-state index is 11.3. The first kappa shape index (κ1) is 16.5. The zero-order valence-electron chi connectivity index (χ0n) is 13.0. The number of carboxylic acid groups (broad SMARTS) is 1. The summed E-state index contributed by atoms with van der Waals surface area (Å²) in [5.74, 6) is 1.25. The average molecular weight is 269 g/mol. The summed E-state index contributed by atoms with van der Waals surface area (Å²) in [6.45, 7) is 8.71. The molecule has 1 aliphatic carbocycles. The van der Waals surface area contributed by atoms with E-state index in [1.807, 2.05) is 0 Å². The summed E-state index contributed by atoms with van der Waals surface area (Å²) < 4.78 is 0. The summed E-state index contributed by atoms with van der Waals surface area (Å²) in [5, 5.41) is 12.7. The Morgan fingerprint density at radius 1 is 1.21 bits per heavy atom. The Kier molecular flexibility index (Phi) is 6.84. The summed E-state index contributed by atoms with van der Waals surface area (Å²) in [6, 6.07) is 0.0279. The molecule has 0 heterocycles. The first-order valence-corrected chi connectivity index (χ1v) is 7.87. The van der Waals surface area contributed by atoms with Gasteiger partial charge in [0.25, 0.3) is 0 Å². The second kappa shape index (κ2) is 7.88. The number of rotatable bonds is 7. The molecule has 0 bridgehead atoms. The standard InChI is InChI=1S/C16H31NO2/c1-11(2)8-13-6-5-7-14(10-13)17-15(16(18)19)9-12(3)4/h11-15,17H,5-10H2,1-4H3,(H,18,19). The van der Waals surface area contributed by atoms with Gasteiger partial charge >= 0.3 is 5.97 Å². The van der Waals surface area contributed by atoms with Gasteiger partial charge in [-0.3, -0.25) is 4.79 Å². The van der Waals surface area contributed by atoms with E-state index in [2.05, 4.69) is 33.0 Å². The normalized spacial score (nSPS) is 25.8. The van der Waals surface area contributed by atoms with Crippen molar-refractivity contribution in [3.8, 4) is 0 Å². The van der Waals surface area contributed by atoms with Crippen molar-refractivity contribution in [3.63, 3.8) is 0 Å². The van der Waals surface area contributed by atoms with Crippen LogP contribution in [0.15, 0.2) is 0 Å². The van der Waals surface area contributed by atoms with Crippen LogP contribution in [0.1, 0.15) is 66.2 Å². The summed E-state index contributed by atoms with van der Waals surface area (Å²) in [4.78, 5) is 11.3. The smallest absolute Gasteiger partial charge is 0.320 e. The molecule has 19 heavy (non-hydrogen) atoms. The number of hydrogen-bond donors (Lipinski definition) is 2. The lowest BCUT2D eigenvalue weighted by Gasteiger charge is -2.33. The minimum absolute atomic E-state index is 0.372. The van der Waals surface area contributed by atoms with Gasteiger partial charge in [0.05, 0.1) is 0 Å². The number of carboxylic acids is 1. The monoisotopic (exact) mass is 269 g/mol. The quantitative estimate of drug-likeness (QED) is 0.741. The number of hydrogen-bond acceptors (Lipinski definition) is 2. The molecule has 3 unspecified atom stereocenters. The molecule has 3 heteroatoms. The summed E-state index contributed by atoms with van der Waals surface area (Å²) in [6.07, 6.45) is 6.85. The molecular formula is C16H31NO2. The van der Waals surface area contributed by atoms with E-state index >= 15 is 0 Å². The van der Waals surface area contributed by atoms with Crippen molar-refractivity contribution in [2.24, 2.45) is 17.8 Å². The van der Waals surface area contributed by atoms with Crippen molar-refractivity contribution < 1.29 is 9.90 Å². The van der Waals surface area contributed by atoms with E-state index in [1.54, 1.807) is 0 Å². The molecular weight excluding hydrogens is 238 g/mol. The molecule has 3 nitrogen and oxygen atoms in total. The third kappa shape index (κ3) is 6.42. The molecule has 0 spiro atoms. The van der Waals surface area contributed by atoms with Gasteiger partial charge in [-0.15, -0.1) is 0 Å². The molecule has 0 saturated heterocycles. The van der Waals surface area contributed by atoms with Gasteiger partial charge in [-0.2, -0.15) is 0 Å². The number of aliphatic carboxylic acids is 1. The second-order valence-electron chi connectivity index (χ2n) is 7.05. The van der Waals surface area contributed by atoms with Crippen LogP contribution in [-0.2, 0) is 4.79 Å². The van der Waals surface area contributed by atoms with Crippen LogP contribution < -0.4 is 5.32 Å². The largest absolute Gasteiger partial charge is 0.480 e. The van der Waals surface area contributed by atoms with Gasteiger partial charge in [-0.25, -0.2) is 0 Å². The van der Waals surface area contributed by atoms with E-state index in [4.69, 9.17) is 0 Å². The van der Waals surface area contributed by atoms with Crippen LogP contribution in [0, 0.1) is 17.8 Å². The van der Waals surface area contributed by atoms with E-state index < -0.39 is 5.97 Å². The van der Waals surface area contributed by atoms with E-state index in [0.717, 1.165) is 31.1 Å². The Bertz CT molecular complexity index is 276. The molecule has 1 rings (SSSR count). The first-order chi connectivity index (χ1) is 8.88. The van der Waals surface area contributed by atoms with Crippen LogP contribution in [0.2, 0.25) is 0 Å². The Balaban J connectivity index is 2.47. The van der Waals surface area contributed by atoms with Crippen molar-refractivity contribution in [2.75, 3.05) is 0 Å². The molecule has 1 fully saturated rings. The predicted molar refractivity (Wildman–Crippen MR) is 79.2 cm³/mol. The van der Waals surface area contributed by atoms with Gasteiger partial charge < -0.3 is 10.4 Å². The molecule has 0 aliphatic heterocycles. The molecule has 2 N–H and O–H groups in total. The van der Waals surface area contributed by atoms with Crippen LogP contribution in [0.3, 0.4) is 0 Å². The number of carbonyl (C=O) groups is 1. The van der Waals surface area contributed by atoms with Gasteiger partial charge in [0, 0.05) is 6.04 Å². The molecule has 0 radical (unpaired) electrons. The SMILES string of the molecule is CC(C)CC1CCCC(NC(CC(C)C)C(=O)O)C1. The van der Waals surface area contributed by atoms with Gasteiger partial charge in [0.2, 0.25) is 0 Å². The summed E-state index contributed by atoms with van der Waals surface area (Å²) in [5.41, 5.74) is 0. The maximum absolute atomic E-state index is 11.3. The lowest BCUT2D eigenvalue weighted by Crippen LogP contribution is -2.46. The Morgan fingerprint density at radius 2 is 1.89 bits per heavy atom. The second-order valence-corrected chi connectivity index (χ2v) is 7.05. The average Bonchev–Trinajstić information content (AvgIpc) is 2.26. The van der Waals surface area contributed by atoms with Crippen molar-refractivity contribution in [2.45, 2.75) is 78.3 Å². The maximum Gasteiger partial charge on any atom is 0.320 e. The highest BCUT2D eigenvalue weighted by Crippen LogP contribution is 2.29. The highest BCUT2D eigenvalue weighted by molar-refractivity contribution is 5.73. The van der Waals surface area contributed by atoms with Gasteiger partial charge in [0.15, 0.2) is 0 Å². The fourth-order valence-corrected chi connectivity index (χ4v) is 3.32. The van der Waals surface area contributed by atoms with Crippen LogP contribution in [0.5, 0.6) is 0 Å². The minimum atomic E-state index is -0.695. The zero-order valence-corrected chi connectivity index (χ0v) is 13.0. The number of nitrogens with one attached hydrogen (secondary N) is 1. The van der Waals surface area contributed by atoms with E-state index in [1.165, 1.54) is 19.3 Å². The Morgan fingerprint density at radius 3 is 2.42 bits per heavy atom. The Hall–Kier alpha value is -0.570. The summed E-state index contributed by atoms with van der Waals surface area (Å²) in [7, 11) is 0. The lowest BCUT2D eigenvalue weighted by molar-refractivity contribution is -0.140. The van der Waals surface area contributed by atoms with E-state index in [9.17, 15) is 9.90 Å². The molecule has 0 aromatic carbocycles. The highest BCUT2D eigenvalue weighted by Gasteiger charge is 2.27. The zero-order chi connectivity index (χ0) is 14.4. The van der Waals surface area contributed by atoms with E-state index in [-0.39, 0.29) is 6.04 Å². The topological polar surface area (TPSA) is 49.3 Å². The fourth-order valence-electron chi connectivity index (χ4n) is 3.32. The minimum Gasteiger partial charge on any atom is -0.480 e. The van der Waals surface area contributed by atoms with Gasteiger partial charge in [0.1, 0.15) is 6.04 Å². The third-order valence-corrected chi connectivity index (χ3v) is 4.03. The van der Waals surface area contributed by atoms with Crippen LogP contribution in [0.25, 0.3) is 0 Å². The Labute approximate surface area is 118 Å². The first-order valence-electron chi connectivity index (χ1n) is 7.87. The predicted octanol–water partition coefficient (Wildman–Crippen LogP) is 3.68. The van der Waals surface area contributed by atoms with Crippen LogP contribution in [-0.4, -0.2) is 23.2 Å². The van der Waals surface area contributed by atoms with Crippen LogP contribution in [0.4, 0.5) is 0 Å². The molecule has 0 aromatic rings. The van der Waals surface area contributed by atoms with Crippen LogP contribution >= 0.6 is 0 Å². The molecule has 0 aromatic heterocycles. The molecule has 0 amide bonds.